The number of benzene rings is 1. The highest BCUT2D eigenvalue weighted by molar-refractivity contribution is 5.73. The number of amides is 2. The van der Waals surface area contributed by atoms with Gasteiger partial charge in [-0.15, -0.1) is 0 Å². The van der Waals surface area contributed by atoms with Crippen molar-refractivity contribution in [2.75, 3.05) is 20.2 Å². The lowest BCUT2D eigenvalue weighted by Gasteiger charge is -2.17. The van der Waals surface area contributed by atoms with Crippen molar-refractivity contribution in [3.8, 4) is 11.8 Å². The quantitative estimate of drug-likeness (QED) is 0.808. The monoisotopic (exact) mass is 260 g/mol. The van der Waals surface area contributed by atoms with Gasteiger partial charge < -0.3 is 15.3 Å². The lowest BCUT2D eigenvalue weighted by molar-refractivity contribution is 0.207. The highest BCUT2D eigenvalue weighted by Crippen LogP contribution is 2.07. The molecule has 2 N–H and O–H groups in total. The van der Waals surface area contributed by atoms with E-state index in [0.717, 1.165) is 11.1 Å². The van der Waals surface area contributed by atoms with E-state index in [-0.39, 0.29) is 12.6 Å². The highest BCUT2D eigenvalue weighted by atomic mass is 16.2. The van der Waals surface area contributed by atoms with E-state index in [0.29, 0.717) is 19.5 Å². The Morgan fingerprint density at radius 1 is 1.47 bits per heavy atom. The normalized spacial score (nSPS) is 9.42. The van der Waals surface area contributed by atoms with Gasteiger partial charge in [0.15, 0.2) is 0 Å². The summed E-state index contributed by atoms with van der Waals surface area (Å²) in [5.41, 5.74) is 1.93. The van der Waals surface area contributed by atoms with Crippen LogP contribution in [0, 0.1) is 11.8 Å². The molecule has 0 aliphatic carbocycles. The molecule has 0 saturated carbocycles. The lowest BCUT2D eigenvalue weighted by Crippen LogP contribution is -2.36. The van der Waals surface area contributed by atoms with E-state index in [1.54, 1.807) is 11.9 Å². The maximum Gasteiger partial charge on any atom is 0.317 e. The molecule has 2 amide bonds. The molecule has 0 atom stereocenters. The van der Waals surface area contributed by atoms with Gasteiger partial charge in [-0.05, 0) is 24.6 Å². The van der Waals surface area contributed by atoms with Gasteiger partial charge in [0.2, 0.25) is 0 Å². The number of rotatable bonds is 4. The Morgan fingerprint density at radius 2 is 2.26 bits per heavy atom. The molecule has 19 heavy (non-hydrogen) atoms. The Balaban J connectivity index is 2.67. The number of aliphatic hydroxyl groups excluding tert-OH is 1. The van der Waals surface area contributed by atoms with E-state index < -0.39 is 0 Å². The second-order valence-corrected chi connectivity index (χ2v) is 4.17. The molecule has 1 aromatic rings. The van der Waals surface area contributed by atoms with Crippen LogP contribution in [0.3, 0.4) is 0 Å². The lowest BCUT2D eigenvalue weighted by atomic mass is 10.1. The molecule has 0 bridgehead atoms. The maximum atomic E-state index is 11.6. The van der Waals surface area contributed by atoms with Crippen molar-refractivity contribution in [1.82, 2.24) is 10.2 Å². The van der Waals surface area contributed by atoms with Gasteiger partial charge in [0.05, 0.1) is 6.61 Å². The van der Waals surface area contributed by atoms with Crippen molar-refractivity contribution in [1.29, 1.82) is 0 Å². The maximum absolute atomic E-state index is 11.6. The van der Waals surface area contributed by atoms with Crippen molar-refractivity contribution in [3.63, 3.8) is 0 Å². The summed E-state index contributed by atoms with van der Waals surface area (Å²) in [4.78, 5) is 13.2. The topological polar surface area (TPSA) is 52.6 Å². The number of urea groups is 1. The van der Waals surface area contributed by atoms with Gasteiger partial charge in [-0.25, -0.2) is 4.79 Å². The largest absolute Gasteiger partial charge is 0.395 e. The molecule has 0 radical (unpaired) electrons. The molecule has 1 aromatic carbocycles. The van der Waals surface area contributed by atoms with Crippen LogP contribution in [0.2, 0.25) is 0 Å². The second-order valence-electron chi connectivity index (χ2n) is 4.17. The second kappa shape index (κ2) is 8.17. The van der Waals surface area contributed by atoms with Crippen molar-refractivity contribution in [3.05, 3.63) is 35.4 Å². The van der Waals surface area contributed by atoms with E-state index in [9.17, 15) is 4.79 Å². The molecule has 0 aliphatic heterocycles. The van der Waals surface area contributed by atoms with Crippen LogP contribution in [-0.4, -0.2) is 36.2 Å². The Hall–Kier alpha value is -1.99. The highest BCUT2D eigenvalue weighted by Gasteiger charge is 2.07. The molecule has 0 saturated heterocycles. The zero-order chi connectivity index (χ0) is 14.1. The van der Waals surface area contributed by atoms with Crippen molar-refractivity contribution < 1.29 is 9.90 Å². The molecule has 0 heterocycles. The third-order valence-electron chi connectivity index (χ3n) is 2.49. The van der Waals surface area contributed by atoms with E-state index in [1.165, 1.54) is 0 Å². The first-order valence-corrected chi connectivity index (χ1v) is 6.35. The molecule has 4 nitrogen and oxygen atoms in total. The number of carbonyl (C=O) groups is 1. The molecule has 0 aromatic heterocycles. The first-order valence-electron chi connectivity index (χ1n) is 6.35. The van der Waals surface area contributed by atoms with Crippen LogP contribution in [0.5, 0.6) is 0 Å². The van der Waals surface area contributed by atoms with Gasteiger partial charge >= 0.3 is 6.03 Å². The zero-order valence-electron chi connectivity index (χ0n) is 11.4. The number of hydrogen-bond acceptors (Lipinski definition) is 2. The summed E-state index contributed by atoms with van der Waals surface area (Å²) in [6.07, 6.45) is 0.475. The minimum absolute atomic E-state index is 0.0760. The summed E-state index contributed by atoms with van der Waals surface area (Å²) >= 11 is 0. The summed E-state index contributed by atoms with van der Waals surface area (Å²) < 4.78 is 0. The average molecular weight is 260 g/mol. The molecular weight excluding hydrogens is 240 g/mol. The predicted octanol–water partition coefficient (Wildman–Crippen LogP) is 1.58. The molecule has 4 heteroatoms. The summed E-state index contributed by atoms with van der Waals surface area (Å²) in [6.45, 7) is 3.13. The SMILES string of the molecule is CCNC(=O)N(C)Cc1cccc(C#CCCO)c1. The van der Waals surface area contributed by atoms with Gasteiger partial charge in [-0.1, -0.05) is 24.0 Å². The van der Waals surface area contributed by atoms with Crippen LogP contribution in [0.25, 0.3) is 0 Å². The molecule has 102 valence electrons. The molecule has 1 rings (SSSR count). The minimum atomic E-state index is -0.0840. The van der Waals surface area contributed by atoms with Crippen molar-refractivity contribution in [2.45, 2.75) is 19.9 Å². The van der Waals surface area contributed by atoms with Crippen LogP contribution in [0.15, 0.2) is 24.3 Å². The predicted molar refractivity (Wildman–Crippen MR) is 75.6 cm³/mol. The number of hydrogen-bond donors (Lipinski definition) is 2. The summed E-state index contributed by atoms with van der Waals surface area (Å²) in [7, 11) is 1.76. The van der Waals surface area contributed by atoms with Gasteiger partial charge in [0.1, 0.15) is 0 Å². The molecule has 0 spiro atoms. The van der Waals surface area contributed by atoms with E-state index in [1.807, 2.05) is 31.2 Å². The fourth-order valence-corrected chi connectivity index (χ4v) is 1.60. The molecule has 0 fully saturated rings. The van der Waals surface area contributed by atoms with Crippen LogP contribution >= 0.6 is 0 Å². The molecular formula is C15H20N2O2. The molecule has 0 aliphatic rings. The zero-order valence-corrected chi connectivity index (χ0v) is 11.4. The smallest absolute Gasteiger partial charge is 0.317 e. The summed E-state index contributed by atoms with van der Waals surface area (Å²) in [5, 5.41) is 11.4. The van der Waals surface area contributed by atoms with Crippen LogP contribution in [0.1, 0.15) is 24.5 Å². The fraction of sp³-hybridized carbons (Fsp3) is 0.400. The third kappa shape index (κ3) is 5.45. The molecule has 0 unspecified atom stereocenters. The van der Waals surface area contributed by atoms with Crippen molar-refractivity contribution >= 4 is 6.03 Å². The summed E-state index contributed by atoms with van der Waals surface area (Å²) in [5.74, 6) is 5.87. The number of aliphatic hydroxyl groups is 1. The van der Waals surface area contributed by atoms with Gasteiger partial charge in [0, 0.05) is 32.1 Å². The fourth-order valence-electron chi connectivity index (χ4n) is 1.60. The number of nitrogens with zero attached hydrogens (tertiary/aromatic N) is 1. The van der Waals surface area contributed by atoms with Crippen LogP contribution in [-0.2, 0) is 6.54 Å². The van der Waals surface area contributed by atoms with Crippen LogP contribution < -0.4 is 5.32 Å². The summed E-state index contributed by atoms with van der Waals surface area (Å²) in [6, 6.07) is 7.68. The Bertz CT molecular complexity index is 475. The first-order chi connectivity index (χ1) is 9.17. The van der Waals surface area contributed by atoms with Crippen LogP contribution in [0.4, 0.5) is 4.79 Å². The van der Waals surface area contributed by atoms with Gasteiger partial charge in [-0.2, -0.15) is 0 Å². The number of carbonyl (C=O) groups excluding carboxylic acids is 1. The average Bonchev–Trinajstić information content (AvgIpc) is 2.40. The van der Waals surface area contributed by atoms with E-state index >= 15 is 0 Å². The van der Waals surface area contributed by atoms with Crippen molar-refractivity contribution in [2.24, 2.45) is 0 Å². The standard InChI is InChI=1S/C15H20N2O2/c1-3-16-15(19)17(2)12-14-9-6-8-13(11-14)7-4-5-10-18/h6,8-9,11,18H,3,5,10,12H2,1-2H3,(H,16,19). The van der Waals surface area contributed by atoms with Gasteiger partial charge in [0.25, 0.3) is 0 Å². The van der Waals surface area contributed by atoms with Gasteiger partial charge in [-0.3, -0.25) is 0 Å². The minimum Gasteiger partial charge on any atom is -0.395 e. The Labute approximate surface area is 114 Å². The third-order valence-corrected chi connectivity index (χ3v) is 2.49. The number of nitrogens with one attached hydrogen (secondary N) is 1. The Kier molecular flexibility index (Phi) is 6.48. The Morgan fingerprint density at radius 3 is 2.95 bits per heavy atom. The first kappa shape index (κ1) is 15.1. The van der Waals surface area contributed by atoms with E-state index in [2.05, 4.69) is 17.2 Å². The van der Waals surface area contributed by atoms with E-state index in [4.69, 9.17) is 5.11 Å².